The Morgan fingerprint density at radius 1 is 1.14 bits per heavy atom. The summed E-state index contributed by atoms with van der Waals surface area (Å²) in [4.78, 5) is 26.9. The average molecular weight is 381 g/mol. The number of esters is 1. The Bertz CT molecular complexity index is 880. The summed E-state index contributed by atoms with van der Waals surface area (Å²) in [5.74, 6) is 0.0457. The predicted octanol–water partition coefficient (Wildman–Crippen LogP) is 4.69. The number of rotatable bonds is 5. The first-order valence-corrected chi connectivity index (χ1v) is 9.60. The molecule has 5 heteroatoms. The summed E-state index contributed by atoms with van der Waals surface area (Å²) >= 11 is 0. The molecule has 0 N–H and O–H groups in total. The number of ether oxygens (including phenoxy) is 2. The second kappa shape index (κ2) is 7.66. The van der Waals surface area contributed by atoms with Gasteiger partial charge in [-0.15, -0.1) is 0 Å². The first-order chi connectivity index (χ1) is 13.2. The van der Waals surface area contributed by atoms with Crippen molar-refractivity contribution < 1.29 is 19.1 Å². The Morgan fingerprint density at radius 2 is 1.82 bits per heavy atom. The third-order valence-corrected chi connectivity index (χ3v) is 4.66. The molecule has 1 heterocycles. The fourth-order valence-corrected chi connectivity index (χ4v) is 3.21. The molecule has 0 aliphatic carbocycles. The molecule has 28 heavy (non-hydrogen) atoms. The van der Waals surface area contributed by atoms with Gasteiger partial charge in [-0.2, -0.15) is 0 Å². The fraction of sp³-hybridized carbons (Fsp3) is 0.391. The second-order valence-electron chi connectivity index (χ2n) is 7.99. The van der Waals surface area contributed by atoms with E-state index in [1.54, 1.807) is 11.0 Å². The van der Waals surface area contributed by atoms with E-state index in [1.807, 2.05) is 71.0 Å². The van der Waals surface area contributed by atoms with Crippen LogP contribution in [-0.2, 0) is 16.1 Å². The predicted molar refractivity (Wildman–Crippen MR) is 109 cm³/mol. The molecule has 148 valence electrons. The highest BCUT2D eigenvalue weighted by molar-refractivity contribution is 6.10. The molecule has 5 nitrogen and oxygen atoms in total. The Hall–Kier alpha value is -2.82. The van der Waals surface area contributed by atoms with Gasteiger partial charge in [-0.05, 0) is 70.0 Å². The molecular weight excluding hydrogens is 354 g/mol. The Morgan fingerprint density at radius 3 is 2.43 bits per heavy atom. The van der Waals surface area contributed by atoms with Crippen molar-refractivity contribution in [3.05, 3.63) is 59.2 Å². The number of anilines is 1. The molecule has 1 amide bonds. The van der Waals surface area contributed by atoms with Crippen LogP contribution in [-0.4, -0.2) is 24.1 Å². The standard InChI is InChI=1S/C23H27NO4/c1-6-27-19-12-9-17-14-24(21(25)20(17)13-19)18-10-7-16(8-11-18)15(2)22(26)28-23(3,4)5/h7-13,15H,6,14H2,1-5H3. The van der Waals surface area contributed by atoms with Crippen LogP contribution in [0.15, 0.2) is 42.5 Å². The molecule has 0 fully saturated rings. The highest BCUT2D eigenvalue weighted by Crippen LogP contribution is 2.32. The highest BCUT2D eigenvalue weighted by Gasteiger charge is 2.29. The summed E-state index contributed by atoms with van der Waals surface area (Å²) < 4.78 is 11.0. The molecule has 0 saturated carbocycles. The van der Waals surface area contributed by atoms with E-state index in [4.69, 9.17) is 9.47 Å². The maximum absolute atomic E-state index is 12.8. The SMILES string of the molecule is CCOc1ccc2c(c1)C(=O)N(c1ccc(C(C)C(=O)OC(C)(C)C)cc1)C2. The van der Waals surface area contributed by atoms with E-state index in [-0.39, 0.29) is 17.8 Å². The van der Waals surface area contributed by atoms with Gasteiger partial charge in [0, 0.05) is 11.3 Å². The normalized spacial score (nSPS) is 14.6. The van der Waals surface area contributed by atoms with Crippen LogP contribution in [0.25, 0.3) is 0 Å². The zero-order valence-corrected chi connectivity index (χ0v) is 17.1. The minimum absolute atomic E-state index is 0.0375. The highest BCUT2D eigenvalue weighted by atomic mass is 16.6. The summed E-state index contributed by atoms with van der Waals surface area (Å²) in [5, 5.41) is 0. The Balaban J connectivity index is 1.75. The summed E-state index contributed by atoms with van der Waals surface area (Å²) in [5.41, 5.74) is 2.82. The molecule has 1 aliphatic heterocycles. The van der Waals surface area contributed by atoms with Gasteiger partial charge < -0.3 is 14.4 Å². The molecule has 1 atom stereocenters. The van der Waals surface area contributed by atoms with Gasteiger partial charge in [0.1, 0.15) is 11.4 Å². The monoisotopic (exact) mass is 381 g/mol. The smallest absolute Gasteiger partial charge is 0.313 e. The fourth-order valence-electron chi connectivity index (χ4n) is 3.21. The van der Waals surface area contributed by atoms with E-state index in [2.05, 4.69) is 0 Å². The number of hydrogen-bond acceptors (Lipinski definition) is 4. The lowest BCUT2D eigenvalue weighted by Crippen LogP contribution is -2.27. The summed E-state index contributed by atoms with van der Waals surface area (Å²) in [6, 6.07) is 13.2. The number of benzene rings is 2. The van der Waals surface area contributed by atoms with Crippen LogP contribution in [0.2, 0.25) is 0 Å². The number of amides is 1. The molecule has 0 saturated heterocycles. The van der Waals surface area contributed by atoms with Crippen LogP contribution < -0.4 is 9.64 Å². The van der Waals surface area contributed by atoms with Gasteiger partial charge in [0.15, 0.2) is 0 Å². The van der Waals surface area contributed by atoms with Gasteiger partial charge in [0.2, 0.25) is 0 Å². The summed E-state index contributed by atoms with van der Waals surface area (Å²) in [7, 11) is 0. The minimum Gasteiger partial charge on any atom is -0.494 e. The number of carbonyl (C=O) groups excluding carboxylic acids is 2. The van der Waals surface area contributed by atoms with Crippen LogP contribution in [0.4, 0.5) is 5.69 Å². The van der Waals surface area contributed by atoms with Crippen LogP contribution >= 0.6 is 0 Å². The van der Waals surface area contributed by atoms with Gasteiger partial charge >= 0.3 is 5.97 Å². The number of carbonyl (C=O) groups is 2. The van der Waals surface area contributed by atoms with Gasteiger partial charge in [0.25, 0.3) is 5.91 Å². The van der Waals surface area contributed by atoms with E-state index < -0.39 is 5.60 Å². The lowest BCUT2D eigenvalue weighted by Gasteiger charge is -2.23. The molecule has 3 rings (SSSR count). The zero-order valence-electron chi connectivity index (χ0n) is 17.1. The van der Waals surface area contributed by atoms with Crippen molar-refractivity contribution in [1.29, 1.82) is 0 Å². The second-order valence-corrected chi connectivity index (χ2v) is 7.99. The van der Waals surface area contributed by atoms with E-state index in [9.17, 15) is 9.59 Å². The maximum atomic E-state index is 12.8. The topological polar surface area (TPSA) is 55.8 Å². The first kappa shape index (κ1) is 19.9. The van der Waals surface area contributed by atoms with Gasteiger partial charge in [-0.25, -0.2) is 0 Å². The number of nitrogens with zero attached hydrogens (tertiary/aromatic N) is 1. The van der Waals surface area contributed by atoms with E-state index in [1.165, 1.54) is 0 Å². The molecule has 1 aliphatic rings. The van der Waals surface area contributed by atoms with Crippen molar-refractivity contribution in [3.63, 3.8) is 0 Å². The van der Waals surface area contributed by atoms with Crippen LogP contribution in [0.1, 0.15) is 62.0 Å². The Labute approximate surface area is 166 Å². The van der Waals surface area contributed by atoms with E-state index >= 15 is 0 Å². The molecule has 2 aromatic rings. The lowest BCUT2D eigenvalue weighted by molar-refractivity contribution is -0.156. The quantitative estimate of drug-likeness (QED) is 0.705. The summed E-state index contributed by atoms with van der Waals surface area (Å²) in [6.07, 6.45) is 0. The molecule has 0 spiro atoms. The van der Waals surface area contributed by atoms with Gasteiger partial charge in [-0.3, -0.25) is 9.59 Å². The molecule has 1 unspecified atom stereocenters. The van der Waals surface area contributed by atoms with Crippen LogP contribution in [0.3, 0.4) is 0 Å². The van der Waals surface area contributed by atoms with Crippen molar-refractivity contribution in [2.45, 2.75) is 52.7 Å². The molecule has 0 bridgehead atoms. The van der Waals surface area contributed by atoms with Crippen molar-refractivity contribution in [2.75, 3.05) is 11.5 Å². The zero-order chi connectivity index (χ0) is 20.5. The molecular formula is C23H27NO4. The van der Waals surface area contributed by atoms with Gasteiger partial charge in [-0.1, -0.05) is 18.2 Å². The van der Waals surface area contributed by atoms with Crippen molar-refractivity contribution in [2.24, 2.45) is 0 Å². The van der Waals surface area contributed by atoms with E-state index in [0.29, 0.717) is 24.5 Å². The minimum atomic E-state index is -0.515. The third-order valence-electron chi connectivity index (χ3n) is 4.66. The number of hydrogen-bond donors (Lipinski definition) is 0. The average Bonchev–Trinajstić information content (AvgIpc) is 2.96. The maximum Gasteiger partial charge on any atom is 0.313 e. The van der Waals surface area contributed by atoms with Crippen LogP contribution in [0.5, 0.6) is 5.75 Å². The lowest BCUT2D eigenvalue weighted by atomic mass is 10.0. The molecule has 2 aromatic carbocycles. The van der Waals surface area contributed by atoms with Crippen molar-refractivity contribution in [3.8, 4) is 5.75 Å². The molecule has 0 radical (unpaired) electrons. The van der Waals surface area contributed by atoms with Crippen LogP contribution in [0, 0.1) is 0 Å². The largest absolute Gasteiger partial charge is 0.494 e. The van der Waals surface area contributed by atoms with Crippen molar-refractivity contribution in [1.82, 2.24) is 0 Å². The number of fused-ring (bicyclic) bond motifs is 1. The molecule has 0 aromatic heterocycles. The first-order valence-electron chi connectivity index (χ1n) is 9.60. The third kappa shape index (κ3) is 4.19. The Kier molecular flexibility index (Phi) is 5.45. The van der Waals surface area contributed by atoms with E-state index in [0.717, 1.165) is 16.8 Å². The van der Waals surface area contributed by atoms with Crippen molar-refractivity contribution >= 4 is 17.6 Å². The van der Waals surface area contributed by atoms with Gasteiger partial charge in [0.05, 0.1) is 19.1 Å². The summed E-state index contributed by atoms with van der Waals surface area (Å²) in [6.45, 7) is 10.4.